The Morgan fingerprint density at radius 1 is 1.29 bits per heavy atom. The van der Waals surface area contributed by atoms with Gasteiger partial charge in [0, 0.05) is 35.4 Å². The van der Waals surface area contributed by atoms with Crippen molar-refractivity contribution in [1.29, 1.82) is 0 Å². The molecule has 0 aliphatic carbocycles. The molecular weight excluding hydrogens is 457 g/mol. The van der Waals surface area contributed by atoms with E-state index in [2.05, 4.69) is 9.71 Å². The quantitative estimate of drug-likeness (QED) is 0.414. The number of para-hydroxylation sites is 1. The van der Waals surface area contributed by atoms with Gasteiger partial charge in [-0.05, 0) is 45.4 Å². The maximum absolute atomic E-state index is 14.9. The van der Waals surface area contributed by atoms with E-state index in [0.717, 1.165) is 17.5 Å². The van der Waals surface area contributed by atoms with Crippen molar-refractivity contribution in [3.05, 3.63) is 65.8 Å². The number of carbonyl (C=O) groups is 1. The lowest BCUT2D eigenvalue weighted by Crippen LogP contribution is -2.58. The van der Waals surface area contributed by atoms with Crippen LogP contribution >= 0.6 is 0 Å². The number of aliphatic hydroxyl groups is 1. The maximum Gasteiger partial charge on any atom is 0.328 e. The fraction of sp³-hybridized carbons (Fsp3) is 0.280. The monoisotopic (exact) mass is 481 g/mol. The Bertz CT molecular complexity index is 1410. The average Bonchev–Trinajstić information content (AvgIpc) is 3.16. The maximum atomic E-state index is 14.9. The van der Waals surface area contributed by atoms with Crippen molar-refractivity contribution in [1.82, 2.24) is 9.71 Å². The van der Waals surface area contributed by atoms with Crippen molar-refractivity contribution < 1.29 is 23.3 Å². The number of aromatic nitrogens is 1. The molecule has 2 atom stereocenters. The van der Waals surface area contributed by atoms with Gasteiger partial charge in [0.05, 0.1) is 17.0 Å². The standard InChI is InChI=1S/C25H24FN3O4S/c1-14-7-8-15-5-4-6-21(23(15)27-14)34(32)28-24(30)20-13-17-18(26)11-16(12-19(17)33-20)29-10-9-22(29)25(2,3)31/h4-8,11-13,22,31H,9-10H2,1-3H3,(H,28,30). The number of aryl methyl sites for hydroxylation is 1. The molecule has 34 heavy (non-hydrogen) atoms. The Kier molecular flexibility index (Phi) is 5.50. The van der Waals surface area contributed by atoms with Crippen molar-refractivity contribution in [2.24, 2.45) is 0 Å². The van der Waals surface area contributed by atoms with Gasteiger partial charge in [0.15, 0.2) is 5.76 Å². The number of nitrogens with one attached hydrogen (secondary N) is 1. The Morgan fingerprint density at radius 2 is 2.09 bits per heavy atom. The van der Waals surface area contributed by atoms with Gasteiger partial charge in [-0.25, -0.2) is 9.37 Å². The summed E-state index contributed by atoms with van der Waals surface area (Å²) in [7, 11) is 0. The number of nitrogens with zero attached hydrogens (tertiary/aromatic N) is 2. The van der Waals surface area contributed by atoms with E-state index in [1.807, 2.05) is 30.0 Å². The van der Waals surface area contributed by atoms with Crippen molar-refractivity contribution in [2.75, 3.05) is 11.4 Å². The van der Waals surface area contributed by atoms with E-state index in [1.165, 1.54) is 12.1 Å². The first-order valence-corrected chi connectivity index (χ1v) is 12.1. The van der Waals surface area contributed by atoms with Crippen LogP contribution in [0.2, 0.25) is 0 Å². The Balaban J connectivity index is 1.41. The summed E-state index contributed by atoms with van der Waals surface area (Å²) in [5.41, 5.74) is 1.15. The molecule has 4 aromatic rings. The number of hydrogen-bond acceptors (Lipinski definition) is 6. The van der Waals surface area contributed by atoms with Crippen molar-refractivity contribution in [3.63, 3.8) is 0 Å². The van der Waals surface area contributed by atoms with Crippen LogP contribution < -0.4 is 9.62 Å². The summed E-state index contributed by atoms with van der Waals surface area (Å²) in [6.45, 7) is 5.96. The molecule has 176 valence electrons. The summed E-state index contributed by atoms with van der Waals surface area (Å²) in [6.07, 6.45) is 0.795. The van der Waals surface area contributed by atoms with E-state index in [4.69, 9.17) is 4.42 Å². The molecule has 0 radical (unpaired) electrons. The summed E-state index contributed by atoms with van der Waals surface area (Å²) < 4.78 is 35.9. The van der Waals surface area contributed by atoms with E-state index in [9.17, 15) is 18.8 Å². The van der Waals surface area contributed by atoms with Crippen LogP contribution in [0.25, 0.3) is 21.9 Å². The molecule has 1 aliphatic heterocycles. The van der Waals surface area contributed by atoms with Crippen molar-refractivity contribution >= 4 is 44.8 Å². The molecule has 1 saturated heterocycles. The molecular formula is C25H24FN3O4S. The number of fused-ring (bicyclic) bond motifs is 2. The third-order valence-electron chi connectivity index (χ3n) is 6.17. The minimum Gasteiger partial charge on any atom is -0.588 e. The number of furan rings is 1. The van der Waals surface area contributed by atoms with Crippen molar-refractivity contribution in [2.45, 2.75) is 43.7 Å². The van der Waals surface area contributed by atoms with Crippen LogP contribution in [0, 0.1) is 12.7 Å². The number of benzene rings is 2. The van der Waals surface area contributed by atoms with Crippen molar-refractivity contribution in [3.8, 4) is 0 Å². The fourth-order valence-corrected chi connectivity index (χ4v) is 5.27. The third kappa shape index (κ3) is 4.00. The van der Waals surface area contributed by atoms with Crippen LogP contribution in [0.15, 0.2) is 57.8 Å². The summed E-state index contributed by atoms with van der Waals surface area (Å²) in [5, 5.41) is 11.3. The Morgan fingerprint density at radius 3 is 2.79 bits per heavy atom. The molecule has 2 aromatic heterocycles. The number of rotatable bonds is 5. The van der Waals surface area contributed by atoms with Crippen LogP contribution in [0.3, 0.4) is 0 Å². The fourth-order valence-electron chi connectivity index (χ4n) is 4.35. The summed E-state index contributed by atoms with van der Waals surface area (Å²) in [5.74, 6) is -1.41. The molecule has 0 saturated carbocycles. The molecule has 0 spiro atoms. The van der Waals surface area contributed by atoms with E-state index in [1.54, 1.807) is 32.0 Å². The average molecular weight is 482 g/mol. The van der Waals surface area contributed by atoms with Gasteiger partial charge in [-0.1, -0.05) is 18.2 Å². The number of amides is 1. The molecule has 0 bridgehead atoms. The zero-order chi connectivity index (χ0) is 24.2. The van der Waals surface area contributed by atoms with Gasteiger partial charge in [-0.15, -0.1) is 0 Å². The van der Waals surface area contributed by atoms with Gasteiger partial charge >= 0.3 is 5.91 Å². The molecule has 5 rings (SSSR count). The number of halogens is 1. The SMILES string of the molecule is Cc1ccc2cccc([S+]([O-])NC(=O)c3cc4c(F)cc(N5CCC5C(C)(C)O)cc4o3)c2n1. The minimum atomic E-state index is -1.89. The van der Waals surface area contributed by atoms with Crippen LogP contribution in [-0.2, 0) is 11.4 Å². The molecule has 2 aromatic carbocycles. The molecule has 9 heteroatoms. The van der Waals surface area contributed by atoms with Crippen LogP contribution in [0.5, 0.6) is 0 Å². The number of pyridine rings is 1. The predicted octanol–water partition coefficient (Wildman–Crippen LogP) is 4.23. The summed E-state index contributed by atoms with van der Waals surface area (Å²) in [6, 6.07) is 13.2. The predicted molar refractivity (Wildman–Crippen MR) is 129 cm³/mol. The van der Waals surface area contributed by atoms with Gasteiger partial charge in [0.25, 0.3) is 0 Å². The van der Waals surface area contributed by atoms with Gasteiger partial charge in [0.1, 0.15) is 28.3 Å². The zero-order valence-electron chi connectivity index (χ0n) is 19.0. The second-order valence-corrected chi connectivity index (χ2v) is 10.3. The van der Waals surface area contributed by atoms with Gasteiger partial charge in [-0.2, -0.15) is 4.72 Å². The lowest BCUT2D eigenvalue weighted by Gasteiger charge is -2.48. The number of carbonyl (C=O) groups excluding carboxylic acids is 1. The molecule has 7 nitrogen and oxygen atoms in total. The highest BCUT2D eigenvalue weighted by molar-refractivity contribution is 7.90. The van der Waals surface area contributed by atoms with E-state index < -0.39 is 28.7 Å². The molecule has 2 unspecified atom stereocenters. The largest absolute Gasteiger partial charge is 0.588 e. The smallest absolute Gasteiger partial charge is 0.328 e. The van der Waals surface area contributed by atoms with Crippen LogP contribution in [0.4, 0.5) is 10.1 Å². The highest BCUT2D eigenvalue weighted by atomic mass is 32.2. The van der Waals surface area contributed by atoms with Gasteiger partial charge in [0.2, 0.25) is 4.90 Å². The molecule has 3 heterocycles. The Labute approximate surface area is 198 Å². The molecule has 1 aliphatic rings. The first-order chi connectivity index (χ1) is 16.1. The molecule has 1 amide bonds. The second-order valence-electron chi connectivity index (χ2n) is 9.08. The van der Waals surface area contributed by atoms with E-state index >= 15 is 0 Å². The van der Waals surface area contributed by atoms with Gasteiger partial charge < -0.3 is 19.0 Å². The lowest BCUT2D eigenvalue weighted by atomic mass is 9.87. The highest BCUT2D eigenvalue weighted by Crippen LogP contribution is 2.36. The van der Waals surface area contributed by atoms with Crippen LogP contribution in [-0.4, -0.2) is 38.7 Å². The topological polar surface area (TPSA) is 102 Å². The normalized spacial score (nSPS) is 17.1. The summed E-state index contributed by atoms with van der Waals surface area (Å²) >= 11 is -1.89. The van der Waals surface area contributed by atoms with Gasteiger partial charge in [-0.3, -0.25) is 4.79 Å². The van der Waals surface area contributed by atoms with E-state index in [-0.39, 0.29) is 22.8 Å². The van der Waals surface area contributed by atoms with E-state index in [0.29, 0.717) is 22.6 Å². The number of anilines is 1. The lowest BCUT2D eigenvalue weighted by molar-refractivity contribution is 0.0293. The third-order valence-corrected chi connectivity index (χ3v) is 7.27. The van der Waals surface area contributed by atoms with Crippen LogP contribution in [0.1, 0.15) is 36.5 Å². The number of hydrogen-bond donors (Lipinski definition) is 2. The molecule has 1 fully saturated rings. The first kappa shape index (κ1) is 22.6. The second kappa shape index (κ2) is 8.26. The Hall–Kier alpha value is -3.14. The first-order valence-electron chi connectivity index (χ1n) is 10.9. The summed E-state index contributed by atoms with van der Waals surface area (Å²) in [4.78, 5) is 19.5. The zero-order valence-corrected chi connectivity index (χ0v) is 19.8. The highest BCUT2D eigenvalue weighted by Gasteiger charge is 2.39. The minimum absolute atomic E-state index is 0.137. The molecule has 2 N–H and O–H groups in total.